The average Bonchev–Trinajstić information content (AvgIpc) is 2.77. The van der Waals surface area contributed by atoms with Gasteiger partial charge in [0.25, 0.3) is 0 Å². The number of benzene rings is 3. The largest absolute Gasteiger partial charge is 0.435 e. The summed E-state index contributed by atoms with van der Waals surface area (Å²) in [5.74, 6) is -0.0981. The van der Waals surface area contributed by atoms with Gasteiger partial charge in [0.05, 0.1) is 0 Å². The van der Waals surface area contributed by atoms with Crippen LogP contribution in [-0.2, 0) is 11.2 Å². The molecule has 3 aromatic rings. The van der Waals surface area contributed by atoms with Gasteiger partial charge in [-0.25, -0.2) is 0 Å². The molecule has 0 unspecified atom stereocenters. The Labute approximate surface area is 193 Å². The molecule has 7 heteroatoms. The first-order chi connectivity index (χ1) is 14.8. The molecule has 4 nitrogen and oxygen atoms in total. The van der Waals surface area contributed by atoms with Gasteiger partial charge in [0, 0.05) is 12.2 Å². The lowest BCUT2D eigenvalue weighted by molar-refractivity contribution is -0.120. The Morgan fingerprint density at radius 2 is 1.62 bits per heavy atom. The van der Waals surface area contributed by atoms with Crippen molar-refractivity contribution in [1.29, 1.82) is 0 Å². The van der Waals surface area contributed by atoms with Gasteiger partial charge in [-0.15, -0.1) is 12.4 Å². The Bertz CT molecular complexity index is 1010. The summed E-state index contributed by atoms with van der Waals surface area (Å²) in [6.07, 6.45) is 0.537. The zero-order valence-electron chi connectivity index (χ0n) is 18.0. The fourth-order valence-electron chi connectivity index (χ4n) is 3.31. The molecule has 1 atom stereocenters. The first-order valence-electron chi connectivity index (χ1n) is 10.1. The molecule has 0 bridgehead atoms. The molecule has 170 valence electrons. The maximum atomic E-state index is 13.3. The third-order valence-electron chi connectivity index (χ3n) is 5.27. The van der Waals surface area contributed by atoms with Gasteiger partial charge < -0.3 is 15.4 Å². The van der Waals surface area contributed by atoms with Crippen molar-refractivity contribution in [3.8, 4) is 5.75 Å². The van der Waals surface area contributed by atoms with Gasteiger partial charge in [-0.1, -0.05) is 48.5 Å². The minimum Gasteiger partial charge on any atom is -0.435 e. The topological polar surface area (TPSA) is 55.6 Å². The minimum atomic E-state index is -2.86. The predicted molar refractivity (Wildman–Crippen MR) is 126 cm³/mol. The number of aryl methyl sites for hydroxylation is 2. The summed E-state index contributed by atoms with van der Waals surface area (Å²) in [6.45, 7) is 1.56. The quantitative estimate of drug-likeness (QED) is 0.476. The second-order valence-electron chi connectivity index (χ2n) is 7.42. The van der Waals surface area contributed by atoms with E-state index in [1.54, 1.807) is 17.0 Å². The third-order valence-corrected chi connectivity index (χ3v) is 5.27. The fraction of sp³-hybridized carbons (Fsp3) is 0.240. The van der Waals surface area contributed by atoms with E-state index in [-0.39, 0.29) is 24.1 Å². The minimum absolute atomic E-state index is 0. The summed E-state index contributed by atoms with van der Waals surface area (Å²) in [6, 6.07) is 20.8. The molecule has 32 heavy (non-hydrogen) atoms. The van der Waals surface area contributed by atoms with Gasteiger partial charge in [0.1, 0.15) is 11.8 Å². The Balaban J connectivity index is 0.00000363. The Morgan fingerprint density at radius 3 is 2.22 bits per heavy atom. The zero-order chi connectivity index (χ0) is 22.4. The van der Waals surface area contributed by atoms with Gasteiger partial charge in [-0.05, 0) is 66.8 Å². The molecule has 0 aromatic heterocycles. The van der Waals surface area contributed by atoms with Crippen LogP contribution in [0.15, 0.2) is 72.8 Å². The zero-order valence-corrected chi connectivity index (χ0v) is 18.8. The van der Waals surface area contributed by atoms with Crippen molar-refractivity contribution in [2.24, 2.45) is 5.73 Å². The number of carbonyl (C=O) groups is 1. The van der Waals surface area contributed by atoms with Crippen LogP contribution in [0.3, 0.4) is 0 Å². The van der Waals surface area contributed by atoms with Crippen LogP contribution < -0.4 is 15.4 Å². The van der Waals surface area contributed by atoms with Crippen molar-refractivity contribution in [1.82, 2.24) is 0 Å². The molecule has 0 aliphatic heterocycles. The number of carbonyl (C=O) groups excluding carboxylic acids is 1. The molecule has 3 aromatic carbocycles. The van der Waals surface area contributed by atoms with E-state index in [4.69, 9.17) is 5.73 Å². The van der Waals surface area contributed by atoms with Crippen molar-refractivity contribution < 1.29 is 18.3 Å². The number of nitrogens with two attached hydrogens (primary N) is 1. The highest BCUT2D eigenvalue weighted by molar-refractivity contribution is 5.97. The lowest BCUT2D eigenvalue weighted by Crippen LogP contribution is -2.40. The Morgan fingerprint density at radius 1 is 0.969 bits per heavy atom. The van der Waals surface area contributed by atoms with Crippen LogP contribution in [0.1, 0.15) is 28.3 Å². The number of nitrogens with zero attached hydrogens (tertiary/aromatic N) is 1. The number of anilines is 1. The highest BCUT2D eigenvalue weighted by Gasteiger charge is 2.24. The van der Waals surface area contributed by atoms with E-state index in [1.165, 1.54) is 12.1 Å². The third kappa shape index (κ3) is 6.52. The molecule has 1 amide bonds. The number of ether oxygens (including phenoxy) is 1. The van der Waals surface area contributed by atoms with E-state index >= 15 is 0 Å². The van der Waals surface area contributed by atoms with Gasteiger partial charge in [-0.2, -0.15) is 8.78 Å². The van der Waals surface area contributed by atoms with Crippen LogP contribution in [0.2, 0.25) is 0 Å². The molecule has 0 fully saturated rings. The van der Waals surface area contributed by atoms with Crippen molar-refractivity contribution in [3.05, 3.63) is 95.1 Å². The van der Waals surface area contributed by atoms with E-state index in [0.29, 0.717) is 13.0 Å². The summed E-state index contributed by atoms with van der Waals surface area (Å²) in [5.41, 5.74) is 10.9. The van der Waals surface area contributed by atoms with Gasteiger partial charge in [0.15, 0.2) is 0 Å². The van der Waals surface area contributed by atoms with E-state index in [2.05, 4.69) is 4.74 Å². The maximum absolute atomic E-state index is 13.3. The van der Waals surface area contributed by atoms with E-state index in [9.17, 15) is 13.6 Å². The molecule has 0 heterocycles. The van der Waals surface area contributed by atoms with E-state index in [0.717, 1.165) is 27.9 Å². The number of hydrogen-bond acceptors (Lipinski definition) is 3. The van der Waals surface area contributed by atoms with Crippen molar-refractivity contribution in [2.75, 3.05) is 11.4 Å². The molecule has 0 spiro atoms. The average molecular weight is 461 g/mol. The summed E-state index contributed by atoms with van der Waals surface area (Å²) in [7, 11) is 0. The van der Waals surface area contributed by atoms with Crippen LogP contribution in [-0.4, -0.2) is 19.1 Å². The first kappa shape index (κ1) is 25.3. The van der Waals surface area contributed by atoms with E-state index in [1.807, 2.05) is 62.4 Å². The second-order valence-corrected chi connectivity index (χ2v) is 7.42. The monoisotopic (exact) mass is 460 g/mol. The number of rotatable bonds is 8. The molecule has 0 radical (unpaired) electrons. The number of alkyl halides is 2. The molecular formula is C25H27ClF2N2O2. The smallest absolute Gasteiger partial charge is 0.387 e. The lowest BCUT2D eigenvalue weighted by atomic mass is 10.0. The number of hydrogen-bond donors (Lipinski definition) is 1. The lowest BCUT2D eigenvalue weighted by Gasteiger charge is -2.27. The maximum Gasteiger partial charge on any atom is 0.387 e. The summed E-state index contributed by atoms with van der Waals surface area (Å²) >= 11 is 0. The first-order valence-corrected chi connectivity index (χ1v) is 10.1. The SMILES string of the molecule is Cc1ccc(N(CCc2ccc(OC(F)F)cc2)C(=O)[C@@H](N)c2ccccc2)cc1C.Cl. The highest BCUT2D eigenvalue weighted by atomic mass is 35.5. The molecule has 2 N–H and O–H groups in total. The highest BCUT2D eigenvalue weighted by Crippen LogP contribution is 2.24. The number of halogens is 3. The van der Waals surface area contributed by atoms with Gasteiger partial charge >= 0.3 is 6.61 Å². The fourth-order valence-corrected chi connectivity index (χ4v) is 3.31. The van der Waals surface area contributed by atoms with Crippen LogP contribution in [0.25, 0.3) is 0 Å². The van der Waals surface area contributed by atoms with Crippen LogP contribution >= 0.6 is 12.4 Å². The van der Waals surface area contributed by atoms with Crippen LogP contribution in [0, 0.1) is 13.8 Å². The molecule has 3 rings (SSSR count). The summed E-state index contributed by atoms with van der Waals surface area (Å²) < 4.78 is 29.1. The van der Waals surface area contributed by atoms with Crippen molar-refractivity contribution >= 4 is 24.0 Å². The van der Waals surface area contributed by atoms with Gasteiger partial charge in [-0.3, -0.25) is 4.79 Å². The normalized spacial score (nSPS) is 11.6. The second kappa shape index (κ2) is 11.6. The Kier molecular flexibility index (Phi) is 9.17. The number of amides is 1. The molecule has 0 saturated carbocycles. The van der Waals surface area contributed by atoms with Crippen molar-refractivity contribution in [3.63, 3.8) is 0 Å². The molecule has 0 saturated heterocycles. The van der Waals surface area contributed by atoms with Crippen LogP contribution in [0.5, 0.6) is 5.75 Å². The van der Waals surface area contributed by atoms with E-state index < -0.39 is 12.7 Å². The Hall–Kier alpha value is -2.96. The van der Waals surface area contributed by atoms with Gasteiger partial charge in [0.2, 0.25) is 5.91 Å². The summed E-state index contributed by atoms with van der Waals surface area (Å²) in [4.78, 5) is 15.0. The molecule has 0 aliphatic rings. The standard InChI is InChI=1S/C25H26F2N2O2.ClH/c1-17-8-11-21(16-18(17)2)29(24(30)23(28)20-6-4-3-5-7-20)15-14-19-9-12-22(13-10-19)31-25(26)27;/h3-13,16,23,25H,14-15,28H2,1-2H3;1H/t23-;/m0./s1. The molecular weight excluding hydrogens is 434 g/mol. The molecule has 0 aliphatic carbocycles. The van der Waals surface area contributed by atoms with Crippen LogP contribution in [0.4, 0.5) is 14.5 Å². The predicted octanol–water partition coefficient (Wildman–Crippen LogP) is 5.60. The summed E-state index contributed by atoms with van der Waals surface area (Å²) in [5, 5.41) is 0. The van der Waals surface area contributed by atoms with Crippen molar-refractivity contribution in [2.45, 2.75) is 32.9 Å².